The summed E-state index contributed by atoms with van der Waals surface area (Å²) in [6.45, 7) is 5.27. The Hall–Kier alpha value is -1.91. The van der Waals surface area contributed by atoms with E-state index in [1.165, 1.54) is 31.2 Å². The molecule has 0 aliphatic carbocycles. The molecule has 0 aliphatic heterocycles. The lowest BCUT2D eigenvalue weighted by Crippen LogP contribution is -2.01. The highest BCUT2D eigenvalue weighted by atomic mass is 16.6. The van der Waals surface area contributed by atoms with Gasteiger partial charge in [0.05, 0.1) is 4.92 Å². The Balaban J connectivity index is 0.000000921. The molecule has 0 atom stereocenters. The zero-order valence-electron chi connectivity index (χ0n) is 8.89. The average Bonchev–Trinajstić information content (AvgIpc) is 2.20. The van der Waals surface area contributed by atoms with Gasteiger partial charge in [0.25, 0.3) is 5.69 Å². The van der Waals surface area contributed by atoms with Gasteiger partial charge in [0.15, 0.2) is 0 Å². The van der Waals surface area contributed by atoms with Crippen molar-refractivity contribution in [2.24, 2.45) is 0 Å². The first-order valence-electron chi connectivity index (χ1n) is 4.52. The van der Waals surface area contributed by atoms with Crippen LogP contribution in [0, 0.1) is 10.1 Å². The van der Waals surface area contributed by atoms with Crippen LogP contribution in [0.3, 0.4) is 0 Å². The van der Waals surface area contributed by atoms with Crippen molar-refractivity contribution < 1.29 is 14.5 Å². The van der Waals surface area contributed by atoms with E-state index in [0.717, 1.165) is 0 Å². The number of rotatable bonds is 2. The maximum Gasteiger partial charge on any atom is 0.308 e. The third kappa shape index (κ3) is 4.75. The van der Waals surface area contributed by atoms with Crippen LogP contribution >= 0.6 is 0 Å². The van der Waals surface area contributed by atoms with Gasteiger partial charge < -0.3 is 4.74 Å². The van der Waals surface area contributed by atoms with Crippen molar-refractivity contribution in [1.29, 1.82) is 0 Å². The first-order valence-corrected chi connectivity index (χ1v) is 4.52. The second-order valence-corrected chi connectivity index (χ2v) is 2.34. The molecule has 0 saturated heterocycles. The zero-order chi connectivity index (χ0) is 11.8. The minimum atomic E-state index is -0.516. The molecule has 0 N–H and O–H groups in total. The van der Waals surface area contributed by atoms with E-state index in [1.807, 2.05) is 13.8 Å². The second-order valence-electron chi connectivity index (χ2n) is 2.34. The fraction of sp³-hybridized carbons (Fsp3) is 0.300. The number of carbonyl (C=O) groups is 1. The van der Waals surface area contributed by atoms with Crippen LogP contribution in [0.15, 0.2) is 24.3 Å². The van der Waals surface area contributed by atoms with Gasteiger partial charge >= 0.3 is 5.97 Å². The highest BCUT2D eigenvalue weighted by molar-refractivity contribution is 5.69. The number of esters is 1. The van der Waals surface area contributed by atoms with Crippen molar-refractivity contribution in [3.63, 3.8) is 0 Å². The van der Waals surface area contributed by atoms with Gasteiger partial charge in [-0.3, -0.25) is 14.9 Å². The van der Waals surface area contributed by atoms with Crippen molar-refractivity contribution in [2.75, 3.05) is 0 Å². The van der Waals surface area contributed by atoms with Gasteiger partial charge in [0.2, 0.25) is 0 Å². The number of hydrogen-bond acceptors (Lipinski definition) is 4. The molecule has 0 fully saturated rings. The molecular weight excluding hydrogens is 198 g/mol. The summed E-state index contributed by atoms with van der Waals surface area (Å²) in [5.74, 6) is -0.146. The topological polar surface area (TPSA) is 69.4 Å². The van der Waals surface area contributed by atoms with E-state index in [0.29, 0.717) is 5.75 Å². The van der Waals surface area contributed by atoms with E-state index in [-0.39, 0.29) is 5.69 Å². The predicted octanol–water partition coefficient (Wildman–Crippen LogP) is 2.55. The number of ether oxygens (including phenoxy) is 1. The maximum atomic E-state index is 10.5. The molecule has 5 heteroatoms. The molecule has 0 unspecified atom stereocenters. The highest BCUT2D eigenvalue weighted by Gasteiger charge is 2.04. The average molecular weight is 211 g/mol. The molecule has 82 valence electrons. The number of non-ortho nitro benzene ring substituents is 1. The van der Waals surface area contributed by atoms with Gasteiger partial charge in [-0.25, -0.2) is 0 Å². The van der Waals surface area contributed by atoms with Crippen LogP contribution in [0.1, 0.15) is 20.8 Å². The Bertz CT molecular complexity index is 332. The predicted molar refractivity (Wildman–Crippen MR) is 55.8 cm³/mol. The van der Waals surface area contributed by atoms with E-state index in [9.17, 15) is 14.9 Å². The van der Waals surface area contributed by atoms with Crippen LogP contribution < -0.4 is 4.74 Å². The van der Waals surface area contributed by atoms with Crippen molar-refractivity contribution in [3.05, 3.63) is 34.4 Å². The SMILES string of the molecule is CC.CC(=O)Oc1ccc([N+](=O)[O-])cc1. The van der Waals surface area contributed by atoms with E-state index in [4.69, 9.17) is 0 Å². The van der Waals surface area contributed by atoms with Gasteiger partial charge in [-0.1, -0.05) is 13.8 Å². The largest absolute Gasteiger partial charge is 0.427 e. The van der Waals surface area contributed by atoms with Gasteiger partial charge in [0, 0.05) is 19.1 Å². The van der Waals surface area contributed by atoms with Gasteiger partial charge in [-0.15, -0.1) is 0 Å². The third-order valence-electron chi connectivity index (χ3n) is 1.31. The van der Waals surface area contributed by atoms with Crippen molar-refractivity contribution >= 4 is 11.7 Å². The summed E-state index contributed by atoms with van der Waals surface area (Å²) in [5.41, 5.74) is -0.0316. The Kier molecular flexibility index (Phi) is 5.70. The molecule has 5 nitrogen and oxygen atoms in total. The molecule has 0 bridgehead atoms. The number of nitro benzene ring substituents is 1. The summed E-state index contributed by atoms with van der Waals surface area (Å²) in [6, 6.07) is 5.30. The molecular formula is C10H13NO4. The molecule has 0 aromatic heterocycles. The minimum Gasteiger partial charge on any atom is -0.427 e. The normalized spacial score (nSPS) is 8.47. The summed E-state index contributed by atoms with van der Waals surface area (Å²) in [7, 11) is 0. The number of hydrogen-bond donors (Lipinski definition) is 0. The summed E-state index contributed by atoms with van der Waals surface area (Å²) in [5, 5.41) is 10.2. The number of benzene rings is 1. The lowest BCUT2D eigenvalue weighted by molar-refractivity contribution is -0.384. The molecule has 0 spiro atoms. The van der Waals surface area contributed by atoms with E-state index >= 15 is 0 Å². The number of nitro groups is 1. The van der Waals surface area contributed by atoms with Crippen molar-refractivity contribution in [2.45, 2.75) is 20.8 Å². The van der Waals surface area contributed by atoms with E-state index in [2.05, 4.69) is 4.74 Å². The van der Waals surface area contributed by atoms with Crippen molar-refractivity contribution in [3.8, 4) is 5.75 Å². The standard InChI is InChI=1S/C8H7NO4.C2H6/c1-6(10)13-8-4-2-7(3-5-8)9(11)12;1-2/h2-5H,1H3;1-2H3. The van der Waals surface area contributed by atoms with Crippen LogP contribution in [0.2, 0.25) is 0 Å². The lowest BCUT2D eigenvalue weighted by atomic mass is 10.3. The summed E-state index contributed by atoms with van der Waals surface area (Å²) < 4.78 is 4.69. The van der Waals surface area contributed by atoms with Crippen LogP contribution in [-0.2, 0) is 4.79 Å². The summed E-state index contributed by atoms with van der Waals surface area (Å²) >= 11 is 0. The molecule has 0 radical (unpaired) electrons. The van der Waals surface area contributed by atoms with Gasteiger partial charge in [-0.05, 0) is 12.1 Å². The van der Waals surface area contributed by atoms with E-state index in [1.54, 1.807) is 0 Å². The molecule has 0 saturated carbocycles. The third-order valence-corrected chi connectivity index (χ3v) is 1.31. The Morgan fingerprint density at radius 3 is 2.07 bits per heavy atom. The van der Waals surface area contributed by atoms with E-state index < -0.39 is 10.9 Å². The second kappa shape index (κ2) is 6.53. The molecule has 15 heavy (non-hydrogen) atoms. The van der Waals surface area contributed by atoms with Crippen LogP contribution in [0.5, 0.6) is 5.75 Å². The van der Waals surface area contributed by atoms with Crippen LogP contribution in [0.4, 0.5) is 5.69 Å². The monoisotopic (exact) mass is 211 g/mol. The zero-order valence-corrected chi connectivity index (χ0v) is 8.89. The fourth-order valence-corrected chi connectivity index (χ4v) is 0.802. The minimum absolute atomic E-state index is 0.0316. The first-order chi connectivity index (χ1) is 7.09. The van der Waals surface area contributed by atoms with Crippen molar-refractivity contribution in [1.82, 2.24) is 0 Å². The molecule has 0 amide bonds. The quantitative estimate of drug-likeness (QED) is 0.326. The Morgan fingerprint density at radius 2 is 1.73 bits per heavy atom. The lowest BCUT2D eigenvalue weighted by Gasteiger charge is -1.98. The Morgan fingerprint density at radius 1 is 1.27 bits per heavy atom. The number of nitrogens with zero attached hydrogens (tertiary/aromatic N) is 1. The highest BCUT2D eigenvalue weighted by Crippen LogP contribution is 2.17. The molecule has 1 aromatic rings. The summed E-state index contributed by atoms with van der Waals surface area (Å²) in [4.78, 5) is 20.2. The fourth-order valence-electron chi connectivity index (χ4n) is 0.802. The van der Waals surface area contributed by atoms with Gasteiger partial charge in [-0.2, -0.15) is 0 Å². The maximum absolute atomic E-state index is 10.5. The Labute approximate surface area is 87.8 Å². The molecule has 1 rings (SSSR count). The smallest absolute Gasteiger partial charge is 0.308 e. The summed E-state index contributed by atoms with van der Waals surface area (Å²) in [6.07, 6.45) is 0. The number of carbonyl (C=O) groups excluding carboxylic acids is 1. The van der Waals surface area contributed by atoms with Crippen LogP contribution in [-0.4, -0.2) is 10.9 Å². The molecule has 0 heterocycles. The molecule has 0 aliphatic rings. The molecule has 1 aromatic carbocycles. The van der Waals surface area contributed by atoms with Crippen LogP contribution in [0.25, 0.3) is 0 Å². The first kappa shape index (κ1) is 13.1. The van der Waals surface area contributed by atoms with Gasteiger partial charge in [0.1, 0.15) is 5.75 Å².